The first-order valence-electron chi connectivity index (χ1n) is 8.70. The van der Waals surface area contributed by atoms with E-state index in [-0.39, 0.29) is 12.2 Å². The molecule has 5 heteroatoms. The lowest BCUT2D eigenvalue weighted by Crippen LogP contribution is -2.37. The second kappa shape index (κ2) is 8.25. The van der Waals surface area contributed by atoms with Crippen LogP contribution in [-0.4, -0.2) is 37.0 Å². The van der Waals surface area contributed by atoms with Crippen LogP contribution in [-0.2, 0) is 18.9 Å². The molecule has 0 N–H and O–H groups in total. The molecule has 23 heavy (non-hydrogen) atoms. The molecule has 0 spiro atoms. The Morgan fingerprint density at radius 2 is 1.87 bits per heavy atom. The Labute approximate surface area is 139 Å². The highest BCUT2D eigenvalue weighted by Gasteiger charge is 2.56. The van der Waals surface area contributed by atoms with Crippen LogP contribution in [0.5, 0.6) is 0 Å². The average Bonchev–Trinajstić information content (AvgIpc) is 2.98. The SMILES string of the molecule is C=C(C#N)C1OC2OC(C)(C)OC2C1OCCCCCCCC. The number of fused-ring (bicyclic) bond motifs is 1. The van der Waals surface area contributed by atoms with Crippen LogP contribution >= 0.6 is 0 Å². The molecule has 2 rings (SSSR count). The lowest BCUT2D eigenvalue weighted by Gasteiger charge is -2.25. The van der Waals surface area contributed by atoms with E-state index in [1.807, 2.05) is 13.8 Å². The van der Waals surface area contributed by atoms with E-state index in [1.165, 1.54) is 25.7 Å². The molecule has 0 aromatic carbocycles. The molecular formula is C18H29NO4. The normalized spacial score (nSPS) is 31.7. The van der Waals surface area contributed by atoms with Gasteiger partial charge < -0.3 is 18.9 Å². The predicted molar refractivity (Wildman–Crippen MR) is 86.6 cm³/mol. The summed E-state index contributed by atoms with van der Waals surface area (Å²) >= 11 is 0. The maximum Gasteiger partial charge on any atom is 0.190 e. The summed E-state index contributed by atoms with van der Waals surface area (Å²) < 4.78 is 23.4. The van der Waals surface area contributed by atoms with E-state index in [4.69, 9.17) is 24.2 Å². The Morgan fingerprint density at radius 3 is 2.57 bits per heavy atom. The molecule has 0 saturated carbocycles. The molecule has 0 amide bonds. The first-order valence-corrected chi connectivity index (χ1v) is 8.70. The van der Waals surface area contributed by atoms with Crippen LogP contribution in [0.15, 0.2) is 12.2 Å². The Hall–Kier alpha value is -0.930. The summed E-state index contributed by atoms with van der Waals surface area (Å²) in [6.07, 6.45) is 5.64. The van der Waals surface area contributed by atoms with Crippen LogP contribution in [0.3, 0.4) is 0 Å². The second-order valence-electron chi connectivity index (χ2n) is 6.77. The minimum absolute atomic E-state index is 0.305. The summed E-state index contributed by atoms with van der Waals surface area (Å²) in [6.45, 7) is 10.3. The van der Waals surface area contributed by atoms with Crippen molar-refractivity contribution in [3.8, 4) is 6.07 Å². The quantitative estimate of drug-likeness (QED) is 0.478. The van der Waals surface area contributed by atoms with Gasteiger partial charge in [0.1, 0.15) is 18.3 Å². The molecular weight excluding hydrogens is 294 g/mol. The highest BCUT2D eigenvalue weighted by molar-refractivity contribution is 5.25. The van der Waals surface area contributed by atoms with Crippen molar-refractivity contribution >= 4 is 0 Å². The Balaban J connectivity index is 1.83. The molecule has 2 aliphatic rings. The number of nitrogens with zero attached hydrogens (tertiary/aromatic N) is 1. The van der Waals surface area contributed by atoms with Crippen LogP contribution in [0.4, 0.5) is 0 Å². The molecule has 2 aliphatic heterocycles. The molecule has 130 valence electrons. The van der Waals surface area contributed by atoms with Gasteiger partial charge in [-0.1, -0.05) is 45.6 Å². The van der Waals surface area contributed by atoms with E-state index in [2.05, 4.69) is 19.6 Å². The maximum atomic E-state index is 9.10. The van der Waals surface area contributed by atoms with Gasteiger partial charge >= 0.3 is 0 Å². The van der Waals surface area contributed by atoms with Crippen molar-refractivity contribution in [1.29, 1.82) is 5.26 Å². The van der Waals surface area contributed by atoms with Crippen molar-refractivity contribution in [2.75, 3.05) is 6.61 Å². The summed E-state index contributed by atoms with van der Waals surface area (Å²) in [5.74, 6) is -0.684. The summed E-state index contributed by atoms with van der Waals surface area (Å²) in [5, 5.41) is 9.10. The van der Waals surface area contributed by atoms with Gasteiger partial charge in [0.15, 0.2) is 12.1 Å². The van der Waals surface area contributed by atoms with Gasteiger partial charge in [-0.25, -0.2) is 0 Å². The van der Waals surface area contributed by atoms with E-state index in [9.17, 15) is 0 Å². The number of unbranched alkanes of at least 4 members (excludes halogenated alkanes) is 5. The molecule has 4 unspecified atom stereocenters. The first-order chi connectivity index (χ1) is 11.0. The molecule has 0 aromatic rings. The Kier molecular flexibility index (Phi) is 6.60. The lowest BCUT2D eigenvalue weighted by molar-refractivity contribution is -0.213. The van der Waals surface area contributed by atoms with Gasteiger partial charge in [-0.15, -0.1) is 0 Å². The zero-order chi connectivity index (χ0) is 16.9. The van der Waals surface area contributed by atoms with Gasteiger partial charge in [-0.2, -0.15) is 5.26 Å². The second-order valence-corrected chi connectivity index (χ2v) is 6.77. The lowest BCUT2D eigenvalue weighted by atomic mass is 10.0. The zero-order valence-electron chi connectivity index (χ0n) is 14.5. The minimum Gasteiger partial charge on any atom is -0.372 e. The number of hydrogen-bond donors (Lipinski definition) is 0. The fraction of sp³-hybridized carbons (Fsp3) is 0.833. The highest BCUT2D eigenvalue weighted by atomic mass is 16.8. The van der Waals surface area contributed by atoms with Crippen molar-refractivity contribution in [3.63, 3.8) is 0 Å². The van der Waals surface area contributed by atoms with Gasteiger partial charge in [0.05, 0.1) is 11.6 Å². The van der Waals surface area contributed by atoms with Crippen molar-refractivity contribution in [3.05, 3.63) is 12.2 Å². The molecule has 2 heterocycles. The Morgan fingerprint density at radius 1 is 1.17 bits per heavy atom. The van der Waals surface area contributed by atoms with E-state index in [0.29, 0.717) is 12.2 Å². The van der Waals surface area contributed by atoms with Crippen molar-refractivity contribution in [1.82, 2.24) is 0 Å². The largest absolute Gasteiger partial charge is 0.372 e. The summed E-state index contributed by atoms with van der Waals surface area (Å²) in [6, 6.07) is 2.06. The van der Waals surface area contributed by atoms with E-state index in [1.54, 1.807) is 0 Å². The third-order valence-electron chi connectivity index (χ3n) is 4.29. The van der Waals surface area contributed by atoms with E-state index >= 15 is 0 Å². The first kappa shape index (κ1) is 18.4. The van der Waals surface area contributed by atoms with Gasteiger partial charge in [-0.05, 0) is 20.3 Å². The van der Waals surface area contributed by atoms with Crippen LogP contribution < -0.4 is 0 Å². The topological polar surface area (TPSA) is 60.7 Å². The molecule has 5 nitrogen and oxygen atoms in total. The summed E-state index contributed by atoms with van der Waals surface area (Å²) in [7, 11) is 0. The molecule has 0 radical (unpaired) electrons. The van der Waals surface area contributed by atoms with E-state index in [0.717, 1.165) is 12.8 Å². The van der Waals surface area contributed by atoms with Crippen LogP contribution in [0.25, 0.3) is 0 Å². The molecule has 0 bridgehead atoms. The van der Waals surface area contributed by atoms with Crippen molar-refractivity contribution in [2.45, 2.75) is 89.7 Å². The number of nitriles is 1. The fourth-order valence-corrected chi connectivity index (χ4v) is 3.11. The minimum atomic E-state index is -0.684. The average molecular weight is 323 g/mol. The van der Waals surface area contributed by atoms with Crippen LogP contribution in [0.2, 0.25) is 0 Å². The molecule has 2 fully saturated rings. The van der Waals surface area contributed by atoms with E-state index < -0.39 is 18.2 Å². The molecule has 0 aromatic heterocycles. The van der Waals surface area contributed by atoms with Gasteiger partial charge in [0.25, 0.3) is 0 Å². The van der Waals surface area contributed by atoms with Crippen LogP contribution in [0.1, 0.15) is 59.3 Å². The predicted octanol–water partition coefficient (Wildman–Crippen LogP) is 3.69. The number of ether oxygens (including phenoxy) is 4. The van der Waals surface area contributed by atoms with Crippen molar-refractivity contribution < 1.29 is 18.9 Å². The number of rotatable bonds is 9. The van der Waals surface area contributed by atoms with Crippen molar-refractivity contribution in [2.24, 2.45) is 0 Å². The van der Waals surface area contributed by atoms with Gasteiger partial charge in [0.2, 0.25) is 0 Å². The summed E-state index contributed by atoms with van der Waals surface area (Å²) in [5.41, 5.74) is 0.359. The summed E-state index contributed by atoms with van der Waals surface area (Å²) in [4.78, 5) is 0. The standard InChI is InChI=1S/C18H29NO4/c1-5-6-7-8-9-10-11-20-15-14(13(2)12-19)21-17-16(15)22-18(3,4)23-17/h14-17H,2,5-11H2,1,3-4H3. The third kappa shape index (κ3) is 4.77. The third-order valence-corrected chi connectivity index (χ3v) is 4.29. The highest BCUT2D eigenvalue weighted by Crippen LogP contribution is 2.40. The zero-order valence-corrected chi connectivity index (χ0v) is 14.5. The maximum absolute atomic E-state index is 9.10. The molecule has 0 aliphatic carbocycles. The molecule has 4 atom stereocenters. The smallest absolute Gasteiger partial charge is 0.190 e. The number of hydrogen-bond acceptors (Lipinski definition) is 5. The van der Waals surface area contributed by atoms with Gasteiger partial charge in [0, 0.05) is 6.61 Å². The van der Waals surface area contributed by atoms with Gasteiger partial charge in [-0.3, -0.25) is 0 Å². The van der Waals surface area contributed by atoms with Crippen LogP contribution in [0, 0.1) is 11.3 Å². The molecule has 2 saturated heterocycles. The Bertz CT molecular complexity index is 443. The monoisotopic (exact) mass is 323 g/mol. The fourth-order valence-electron chi connectivity index (χ4n) is 3.11.